The summed E-state index contributed by atoms with van der Waals surface area (Å²) < 4.78 is 10.4. The van der Waals surface area contributed by atoms with Crippen LogP contribution in [0.1, 0.15) is 40.0 Å². The molecule has 35 heavy (non-hydrogen) atoms. The van der Waals surface area contributed by atoms with E-state index in [1.807, 2.05) is 12.1 Å². The van der Waals surface area contributed by atoms with Crippen molar-refractivity contribution in [3.63, 3.8) is 0 Å². The number of hydrogen-bond acceptors (Lipinski definition) is 5. The third kappa shape index (κ3) is 5.60. The molecule has 0 bridgehead atoms. The SMILES string of the molecule is COc1ccc(C(=O)Nc2ccc(OC)cc2C(=O)Nc2ccc(N3CCCCC3=O)cc2)cc1. The van der Waals surface area contributed by atoms with Gasteiger partial charge in [0, 0.05) is 29.9 Å². The average Bonchev–Trinajstić information content (AvgIpc) is 2.89. The molecule has 8 heteroatoms. The molecule has 1 saturated heterocycles. The molecule has 0 radical (unpaired) electrons. The fourth-order valence-corrected chi connectivity index (χ4v) is 3.89. The van der Waals surface area contributed by atoms with Gasteiger partial charge >= 0.3 is 0 Å². The molecule has 2 N–H and O–H groups in total. The van der Waals surface area contributed by atoms with Crippen LogP contribution in [0.3, 0.4) is 0 Å². The molecule has 8 nitrogen and oxygen atoms in total. The normalized spacial score (nSPS) is 13.2. The number of benzene rings is 3. The minimum absolute atomic E-state index is 0.113. The first-order valence-corrected chi connectivity index (χ1v) is 11.3. The maximum atomic E-state index is 13.1. The van der Waals surface area contributed by atoms with Crippen LogP contribution < -0.4 is 25.0 Å². The first-order valence-electron chi connectivity index (χ1n) is 11.3. The van der Waals surface area contributed by atoms with E-state index in [1.54, 1.807) is 66.6 Å². The molecule has 1 aliphatic heterocycles. The Bertz CT molecular complexity index is 1220. The first kappa shape index (κ1) is 23.8. The van der Waals surface area contributed by atoms with Crippen LogP contribution in [-0.2, 0) is 4.79 Å². The van der Waals surface area contributed by atoms with Crippen molar-refractivity contribution in [2.75, 3.05) is 36.3 Å². The van der Waals surface area contributed by atoms with Crippen molar-refractivity contribution in [1.82, 2.24) is 0 Å². The predicted octanol–water partition coefficient (Wildman–Crippen LogP) is 4.73. The number of hydrogen-bond donors (Lipinski definition) is 2. The van der Waals surface area contributed by atoms with Gasteiger partial charge in [-0.25, -0.2) is 0 Å². The molecule has 0 aliphatic carbocycles. The second-order valence-electron chi connectivity index (χ2n) is 8.10. The van der Waals surface area contributed by atoms with Crippen molar-refractivity contribution >= 4 is 34.8 Å². The molecule has 1 heterocycles. The number of anilines is 3. The largest absolute Gasteiger partial charge is 0.497 e. The molecule has 1 fully saturated rings. The molecular formula is C27H27N3O5. The fraction of sp³-hybridized carbons (Fsp3) is 0.222. The number of carbonyl (C=O) groups is 3. The van der Waals surface area contributed by atoms with E-state index < -0.39 is 5.91 Å². The fourth-order valence-electron chi connectivity index (χ4n) is 3.89. The monoisotopic (exact) mass is 473 g/mol. The van der Waals surface area contributed by atoms with Crippen molar-refractivity contribution in [2.24, 2.45) is 0 Å². The number of rotatable bonds is 7. The van der Waals surface area contributed by atoms with E-state index in [0.29, 0.717) is 41.4 Å². The average molecular weight is 474 g/mol. The van der Waals surface area contributed by atoms with E-state index in [9.17, 15) is 14.4 Å². The predicted molar refractivity (Wildman–Crippen MR) is 135 cm³/mol. The van der Waals surface area contributed by atoms with Gasteiger partial charge in [-0.3, -0.25) is 14.4 Å². The molecule has 0 aromatic heterocycles. The molecule has 4 rings (SSSR count). The van der Waals surface area contributed by atoms with Crippen LogP contribution in [0, 0.1) is 0 Å². The van der Waals surface area contributed by atoms with Crippen LogP contribution in [-0.4, -0.2) is 38.5 Å². The standard InChI is InChI=1S/C27H27N3O5/c1-34-21-12-6-18(7-13-21)26(32)29-24-15-14-22(35-2)17-23(24)27(33)28-19-8-10-20(11-9-19)30-16-4-3-5-25(30)31/h6-15,17H,3-5,16H2,1-2H3,(H,28,33)(H,29,32). The van der Waals surface area contributed by atoms with Crippen LogP contribution in [0.2, 0.25) is 0 Å². The molecule has 1 aliphatic rings. The first-order chi connectivity index (χ1) is 17.0. The Morgan fingerprint density at radius 1 is 0.800 bits per heavy atom. The summed E-state index contributed by atoms with van der Waals surface area (Å²) in [6.45, 7) is 0.700. The van der Waals surface area contributed by atoms with E-state index in [0.717, 1.165) is 18.5 Å². The number of nitrogens with zero attached hydrogens (tertiary/aromatic N) is 1. The van der Waals surface area contributed by atoms with Crippen molar-refractivity contribution in [1.29, 1.82) is 0 Å². The molecule has 3 amide bonds. The van der Waals surface area contributed by atoms with Gasteiger partial charge in [-0.05, 0) is 79.6 Å². The van der Waals surface area contributed by atoms with Crippen molar-refractivity contribution in [3.8, 4) is 11.5 Å². The summed E-state index contributed by atoms with van der Waals surface area (Å²) in [6, 6.07) is 18.7. The highest BCUT2D eigenvalue weighted by atomic mass is 16.5. The zero-order chi connectivity index (χ0) is 24.8. The minimum Gasteiger partial charge on any atom is -0.497 e. The lowest BCUT2D eigenvalue weighted by Gasteiger charge is -2.26. The van der Waals surface area contributed by atoms with Gasteiger partial charge in [0.05, 0.1) is 25.5 Å². The Hall–Kier alpha value is -4.33. The highest BCUT2D eigenvalue weighted by Gasteiger charge is 2.20. The molecule has 180 valence electrons. The van der Waals surface area contributed by atoms with Gasteiger partial charge in [0.1, 0.15) is 11.5 Å². The van der Waals surface area contributed by atoms with Gasteiger partial charge < -0.3 is 25.0 Å². The Kier molecular flexibility index (Phi) is 7.30. The number of methoxy groups -OCH3 is 2. The quantitative estimate of drug-likeness (QED) is 0.517. The number of piperidine rings is 1. The zero-order valence-corrected chi connectivity index (χ0v) is 19.7. The summed E-state index contributed by atoms with van der Waals surface area (Å²) in [5.41, 5.74) is 2.40. The van der Waals surface area contributed by atoms with Crippen LogP contribution in [0.25, 0.3) is 0 Å². The van der Waals surface area contributed by atoms with Gasteiger partial charge in [0.2, 0.25) is 5.91 Å². The van der Waals surface area contributed by atoms with Crippen molar-refractivity contribution < 1.29 is 23.9 Å². The molecule has 0 atom stereocenters. The zero-order valence-electron chi connectivity index (χ0n) is 19.7. The van der Waals surface area contributed by atoms with E-state index in [1.165, 1.54) is 7.11 Å². The lowest BCUT2D eigenvalue weighted by atomic mass is 10.1. The molecule has 0 saturated carbocycles. The molecule has 0 spiro atoms. The second kappa shape index (κ2) is 10.7. The lowest BCUT2D eigenvalue weighted by molar-refractivity contribution is -0.119. The summed E-state index contributed by atoms with van der Waals surface area (Å²) >= 11 is 0. The Labute approximate surface area is 203 Å². The Morgan fingerprint density at radius 3 is 2.14 bits per heavy atom. The highest BCUT2D eigenvalue weighted by Crippen LogP contribution is 2.26. The van der Waals surface area contributed by atoms with E-state index in [2.05, 4.69) is 10.6 Å². The number of nitrogens with one attached hydrogen (secondary N) is 2. The van der Waals surface area contributed by atoms with Crippen LogP contribution in [0.15, 0.2) is 66.7 Å². The van der Waals surface area contributed by atoms with Gasteiger partial charge in [0.25, 0.3) is 11.8 Å². The van der Waals surface area contributed by atoms with Crippen LogP contribution >= 0.6 is 0 Å². The maximum Gasteiger partial charge on any atom is 0.257 e. The lowest BCUT2D eigenvalue weighted by Crippen LogP contribution is -2.35. The maximum absolute atomic E-state index is 13.1. The number of amides is 3. The summed E-state index contributed by atoms with van der Waals surface area (Å²) in [7, 11) is 3.06. The summed E-state index contributed by atoms with van der Waals surface area (Å²) in [5.74, 6) is 0.470. The minimum atomic E-state index is -0.407. The van der Waals surface area contributed by atoms with Gasteiger partial charge in [-0.2, -0.15) is 0 Å². The Morgan fingerprint density at radius 2 is 1.49 bits per heavy atom. The third-order valence-corrected chi connectivity index (χ3v) is 5.83. The van der Waals surface area contributed by atoms with Crippen LogP contribution in [0.4, 0.5) is 17.1 Å². The van der Waals surface area contributed by atoms with Gasteiger partial charge in [-0.15, -0.1) is 0 Å². The molecule has 0 unspecified atom stereocenters. The molecular weight excluding hydrogens is 446 g/mol. The third-order valence-electron chi connectivity index (χ3n) is 5.83. The van der Waals surface area contributed by atoms with E-state index >= 15 is 0 Å². The van der Waals surface area contributed by atoms with E-state index in [-0.39, 0.29) is 17.4 Å². The summed E-state index contributed by atoms with van der Waals surface area (Å²) in [4.78, 5) is 39.8. The van der Waals surface area contributed by atoms with Gasteiger partial charge in [-0.1, -0.05) is 0 Å². The smallest absolute Gasteiger partial charge is 0.257 e. The molecule has 3 aromatic carbocycles. The Balaban J connectivity index is 1.51. The number of ether oxygens (including phenoxy) is 2. The highest BCUT2D eigenvalue weighted by molar-refractivity contribution is 6.12. The number of carbonyl (C=O) groups excluding carboxylic acids is 3. The van der Waals surface area contributed by atoms with Crippen molar-refractivity contribution in [3.05, 3.63) is 77.9 Å². The summed E-state index contributed by atoms with van der Waals surface area (Å²) in [5, 5.41) is 5.65. The summed E-state index contributed by atoms with van der Waals surface area (Å²) in [6.07, 6.45) is 2.45. The van der Waals surface area contributed by atoms with E-state index in [4.69, 9.17) is 9.47 Å². The second-order valence-corrected chi connectivity index (χ2v) is 8.10. The van der Waals surface area contributed by atoms with Crippen LogP contribution in [0.5, 0.6) is 11.5 Å². The molecule has 3 aromatic rings. The van der Waals surface area contributed by atoms with Crippen molar-refractivity contribution in [2.45, 2.75) is 19.3 Å². The topological polar surface area (TPSA) is 97.0 Å². The van der Waals surface area contributed by atoms with Gasteiger partial charge in [0.15, 0.2) is 0 Å².